The average molecular weight is 217 g/mol. The van der Waals surface area contributed by atoms with Gasteiger partial charge in [-0.2, -0.15) is 0 Å². The molecule has 0 aromatic rings. The van der Waals surface area contributed by atoms with E-state index in [4.69, 9.17) is 0 Å². The van der Waals surface area contributed by atoms with Crippen LogP contribution in [0.15, 0.2) is 0 Å². The molecule has 0 unspecified atom stereocenters. The minimum Gasteiger partial charge on any atom is -0.870 e. The molecule has 0 bridgehead atoms. The third-order valence-electron chi connectivity index (χ3n) is 0. The van der Waals surface area contributed by atoms with Gasteiger partial charge in [0.25, 0.3) is 0 Å². The van der Waals surface area contributed by atoms with Crippen LogP contribution in [0.4, 0.5) is 0 Å². The van der Waals surface area contributed by atoms with Gasteiger partial charge in [-0.25, -0.2) is 0 Å². The SMILES string of the molecule is [OH-].[OH-].[OH-].[OH-].[OH-].[OH-].[OH-].[Tc+7]. The van der Waals surface area contributed by atoms with Gasteiger partial charge in [0.05, 0.1) is 0 Å². The summed E-state index contributed by atoms with van der Waals surface area (Å²) in [6, 6.07) is 0. The van der Waals surface area contributed by atoms with Crippen molar-refractivity contribution in [2.75, 3.05) is 0 Å². The van der Waals surface area contributed by atoms with Crippen LogP contribution in [0.2, 0.25) is 0 Å². The van der Waals surface area contributed by atoms with Crippen LogP contribution in [-0.4, -0.2) is 38.3 Å². The molecule has 0 saturated carbocycles. The van der Waals surface area contributed by atoms with Crippen LogP contribution in [0.5, 0.6) is 0 Å². The van der Waals surface area contributed by atoms with E-state index in [1.165, 1.54) is 0 Å². The summed E-state index contributed by atoms with van der Waals surface area (Å²) in [6.45, 7) is 0. The van der Waals surface area contributed by atoms with Crippen molar-refractivity contribution in [3.05, 3.63) is 0 Å². The molecule has 0 saturated heterocycles. The Morgan fingerprint density at radius 3 is 0.250 bits per heavy atom. The first kappa shape index (κ1) is 3330. The van der Waals surface area contributed by atoms with E-state index in [-0.39, 0.29) is 58.4 Å². The number of hydrogen-bond donors (Lipinski definition) is 0. The van der Waals surface area contributed by atoms with Crippen molar-refractivity contribution in [1.82, 2.24) is 0 Å². The Morgan fingerprint density at radius 1 is 0.250 bits per heavy atom. The van der Waals surface area contributed by atoms with Gasteiger partial charge in [0.1, 0.15) is 0 Å². The van der Waals surface area contributed by atoms with Gasteiger partial charge >= 0.3 is 20.1 Å². The summed E-state index contributed by atoms with van der Waals surface area (Å²) >= 11 is 0. The maximum Gasteiger partial charge on any atom is 7.00 e. The summed E-state index contributed by atoms with van der Waals surface area (Å²) in [7, 11) is 0. The zero-order chi connectivity index (χ0) is 0. The monoisotopic (exact) mass is 216 g/mol. The van der Waals surface area contributed by atoms with Crippen molar-refractivity contribution >= 4 is 0 Å². The van der Waals surface area contributed by atoms with Crippen LogP contribution in [0.3, 0.4) is 0 Å². The van der Waals surface area contributed by atoms with Crippen molar-refractivity contribution in [2.45, 2.75) is 0 Å². The van der Waals surface area contributed by atoms with Crippen molar-refractivity contribution in [3.63, 3.8) is 0 Å². The van der Waals surface area contributed by atoms with E-state index in [9.17, 15) is 0 Å². The van der Waals surface area contributed by atoms with E-state index >= 15 is 0 Å². The Kier molecular flexibility index (Phi) is 913000. The predicted octanol–water partition coefficient (Wildman–Crippen LogP) is -1.24. The maximum absolute atomic E-state index is 0. The van der Waals surface area contributed by atoms with E-state index < -0.39 is 0 Å². The Balaban J connectivity index is 0. The molecular weight excluding hydrogens is 210 g/mol. The minimum absolute atomic E-state index is 0. The molecule has 0 aliphatic heterocycles. The van der Waals surface area contributed by atoms with E-state index in [1.807, 2.05) is 0 Å². The second-order valence-corrected chi connectivity index (χ2v) is 0. The topological polar surface area (TPSA) is 210 Å². The molecule has 0 amide bonds. The van der Waals surface area contributed by atoms with Gasteiger partial charge in [-0.15, -0.1) is 0 Å². The van der Waals surface area contributed by atoms with E-state index in [0.717, 1.165) is 0 Å². The molecule has 7 nitrogen and oxygen atoms in total. The van der Waals surface area contributed by atoms with Gasteiger partial charge in [-0.1, -0.05) is 0 Å². The fourth-order valence-corrected chi connectivity index (χ4v) is 0. The molecule has 56 valence electrons. The number of rotatable bonds is 0. The van der Waals surface area contributed by atoms with Crippen LogP contribution in [0.1, 0.15) is 0 Å². The maximum atomic E-state index is 0. The summed E-state index contributed by atoms with van der Waals surface area (Å²) in [5.41, 5.74) is 0. The Morgan fingerprint density at radius 2 is 0.250 bits per heavy atom. The smallest absolute Gasteiger partial charge is 0.870 e. The molecule has 0 atom stereocenters. The molecule has 8 heteroatoms. The first-order valence-corrected chi connectivity index (χ1v) is 0. The summed E-state index contributed by atoms with van der Waals surface area (Å²) in [4.78, 5) is 0. The first-order valence-electron chi connectivity index (χ1n) is 0. The Hall–Kier alpha value is 0.369. The molecule has 0 aliphatic rings. The number of hydrogen-bond acceptors (Lipinski definition) is 7. The van der Waals surface area contributed by atoms with Gasteiger partial charge in [-0.3, -0.25) is 0 Å². The van der Waals surface area contributed by atoms with Crippen LogP contribution in [0.25, 0.3) is 0 Å². The summed E-state index contributed by atoms with van der Waals surface area (Å²) < 4.78 is 0. The third-order valence-corrected chi connectivity index (χ3v) is 0. The van der Waals surface area contributed by atoms with Crippen LogP contribution in [-0.2, 0) is 20.1 Å². The molecule has 7 N–H and O–H groups in total. The molecule has 0 aromatic heterocycles. The third kappa shape index (κ3) is 1350. The van der Waals surface area contributed by atoms with Gasteiger partial charge < -0.3 is 38.3 Å². The quantitative estimate of drug-likeness (QED) is 0.480. The van der Waals surface area contributed by atoms with E-state index in [1.54, 1.807) is 0 Å². The average Bonchev–Trinajstić information content (AvgIpc) is 0. The van der Waals surface area contributed by atoms with Gasteiger partial charge in [-0.05, 0) is 0 Å². The normalized spacial score (nSPS) is 0. The van der Waals surface area contributed by atoms with Crippen molar-refractivity contribution in [2.24, 2.45) is 0 Å². The fourth-order valence-electron chi connectivity index (χ4n) is 0. The molecule has 0 spiro atoms. The largest absolute Gasteiger partial charge is 7.00 e. The first-order chi connectivity index (χ1) is 0. The van der Waals surface area contributed by atoms with E-state index in [0.29, 0.717) is 0 Å². The van der Waals surface area contributed by atoms with Crippen molar-refractivity contribution in [3.8, 4) is 0 Å². The second-order valence-electron chi connectivity index (χ2n) is 0. The van der Waals surface area contributed by atoms with Crippen LogP contribution in [0, 0.1) is 0 Å². The van der Waals surface area contributed by atoms with Gasteiger partial charge in [0, 0.05) is 0 Å². The molecular formula is H7O7Tc. The fraction of sp³-hybridized carbons (Fsp3) is 0. The zero-order valence-corrected chi connectivity index (χ0v) is 5.37. The summed E-state index contributed by atoms with van der Waals surface area (Å²) in [5, 5.41) is 0. The van der Waals surface area contributed by atoms with Crippen LogP contribution >= 0.6 is 0 Å². The van der Waals surface area contributed by atoms with Gasteiger partial charge in [0.2, 0.25) is 0 Å². The van der Waals surface area contributed by atoms with Crippen LogP contribution < -0.4 is 0 Å². The Labute approximate surface area is 59.2 Å². The molecule has 0 rings (SSSR count). The van der Waals surface area contributed by atoms with Crippen molar-refractivity contribution < 1.29 is 58.4 Å². The zero-order valence-electron chi connectivity index (χ0n) is 3.51. The minimum atomic E-state index is 0. The van der Waals surface area contributed by atoms with Crippen molar-refractivity contribution in [1.29, 1.82) is 0 Å². The predicted molar refractivity (Wildman–Crippen MR) is 13.6 cm³/mol. The molecule has 0 aromatic carbocycles. The summed E-state index contributed by atoms with van der Waals surface area (Å²) in [5.74, 6) is 0. The second kappa shape index (κ2) is 2190. The molecule has 0 fully saturated rings. The van der Waals surface area contributed by atoms with Gasteiger partial charge in [0.15, 0.2) is 0 Å². The summed E-state index contributed by atoms with van der Waals surface area (Å²) in [6.07, 6.45) is 0. The molecule has 0 aliphatic carbocycles. The van der Waals surface area contributed by atoms with E-state index in [2.05, 4.69) is 0 Å². The molecule has 0 radical (unpaired) electrons. The molecule has 0 heterocycles. The Bertz CT molecular complexity index is 4.35. The molecule has 8 heavy (non-hydrogen) atoms. The standard InChI is InChI=1S/7H2O.Tc/h7*1H2;/q;;;;;;;+7/p-7.